The minimum absolute atomic E-state index is 0.112. The van der Waals surface area contributed by atoms with Gasteiger partial charge in [0.15, 0.2) is 23.0 Å². The Bertz CT molecular complexity index is 933. The van der Waals surface area contributed by atoms with Crippen molar-refractivity contribution in [2.75, 3.05) is 25.2 Å². The number of aromatic nitrogens is 4. The van der Waals surface area contributed by atoms with Gasteiger partial charge in [-0.05, 0) is 17.7 Å². The minimum atomic E-state index is -0.466. The summed E-state index contributed by atoms with van der Waals surface area (Å²) in [4.78, 5) is 23.1. The molecule has 0 saturated carbocycles. The topological polar surface area (TPSA) is 111 Å². The number of H-pyrrole nitrogens is 1. The number of nitrogens with zero attached hydrogens (tertiary/aromatic N) is 3. The van der Waals surface area contributed by atoms with Crippen LogP contribution in [0, 0.1) is 5.82 Å². The highest BCUT2D eigenvalue weighted by Gasteiger charge is 2.14. The molecule has 0 saturated heterocycles. The first-order chi connectivity index (χ1) is 11.0. The molecule has 3 rings (SSSR count). The first-order valence-corrected chi connectivity index (χ1v) is 6.79. The van der Waals surface area contributed by atoms with Crippen LogP contribution in [-0.4, -0.2) is 33.7 Å². The van der Waals surface area contributed by atoms with Gasteiger partial charge in [-0.25, -0.2) is 9.18 Å². The van der Waals surface area contributed by atoms with Gasteiger partial charge in [0, 0.05) is 7.05 Å². The van der Waals surface area contributed by atoms with E-state index in [4.69, 9.17) is 10.5 Å². The molecule has 23 heavy (non-hydrogen) atoms. The number of benzene rings is 1. The first kappa shape index (κ1) is 14.8. The summed E-state index contributed by atoms with van der Waals surface area (Å²) in [6, 6.07) is 4.40. The Labute approximate surface area is 130 Å². The number of nitrogen functional groups attached to an aromatic ring is 1. The normalized spacial score (nSPS) is 10.9. The average Bonchev–Trinajstić information content (AvgIpc) is 2.86. The fraction of sp³-hybridized carbons (Fsp3) is 0.214. The van der Waals surface area contributed by atoms with Gasteiger partial charge in [0.2, 0.25) is 5.95 Å². The molecule has 8 nitrogen and oxygen atoms in total. The lowest BCUT2D eigenvalue weighted by Crippen LogP contribution is -2.18. The third kappa shape index (κ3) is 2.56. The second-order valence-electron chi connectivity index (χ2n) is 4.87. The fourth-order valence-electron chi connectivity index (χ4n) is 2.30. The number of imidazole rings is 1. The van der Waals surface area contributed by atoms with Crippen molar-refractivity contribution < 1.29 is 9.13 Å². The maximum absolute atomic E-state index is 13.5. The molecule has 0 fully saturated rings. The maximum atomic E-state index is 13.5. The van der Waals surface area contributed by atoms with Gasteiger partial charge in [0.05, 0.1) is 13.7 Å². The van der Waals surface area contributed by atoms with Crippen molar-refractivity contribution in [2.45, 2.75) is 6.54 Å². The lowest BCUT2D eigenvalue weighted by atomic mass is 10.2. The van der Waals surface area contributed by atoms with E-state index in [1.807, 2.05) is 0 Å². The van der Waals surface area contributed by atoms with E-state index in [1.165, 1.54) is 23.8 Å². The molecule has 0 amide bonds. The van der Waals surface area contributed by atoms with E-state index in [0.717, 1.165) is 0 Å². The lowest BCUT2D eigenvalue weighted by Gasteiger charge is -2.07. The quantitative estimate of drug-likeness (QED) is 0.660. The van der Waals surface area contributed by atoms with E-state index in [9.17, 15) is 9.18 Å². The third-order valence-electron chi connectivity index (χ3n) is 3.43. The molecule has 0 aliphatic heterocycles. The van der Waals surface area contributed by atoms with Gasteiger partial charge in [-0.1, -0.05) is 6.07 Å². The van der Waals surface area contributed by atoms with Gasteiger partial charge in [-0.2, -0.15) is 9.97 Å². The van der Waals surface area contributed by atoms with Crippen LogP contribution in [0.3, 0.4) is 0 Å². The van der Waals surface area contributed by atoms with Crippen molar-refractivity contribution in [3.05, 3.63) is 40.1 Å². The highest BCUT2D eigenvalue weighted by Crippen LogP contribution is 2.21. The van der Waals surface area contributed by atoms with Crippen LogP contribution in [0.4, 0.5) is 16.2 Å². The zero-order chi connectivity index (χ0) is 16.6. The number of aromatic amines is 1. The molecule has 4 N–H and O–H groups in total. The standard InChI is InChI=1S/C14H15FN6O2/c1-17-13-19-11(16)10-12(20-13)21(14(22)18-10)6-7-3-4-8(15)9(5-7)23-2/h3-5H,6H2,1-2H3,(H,18,22)(H3,16,17,19,20). The van der Waals surface area contributed by atoms with Crippen LogP contribution >= 0.6 is 0 Å². The molecule has 2 heterocycles. The molecule has 0 aliphatic carbocycles. The summed E-state index contributed by atoms with van der Waals surface area (Å²) < 4.78 is 19.8. The molecular weight excluding hydrogens is 303 g/mol. The molecule has 0 aliphatic rings. The summed E-state index contributed by atoms with van der Waals surface area (Å²) >= 11 is 0. The van der Waals surface area contributed by atoms with Gasteiger partial charge in [0.25, 0.3) is 0 Å². The van der Waals surface area contributed by atoms with Crippen LogP contribution in [0.5, 0.6) is 5.75 Å². The number of rotatable bonds is 4. The van der Waals surface area contributed by atoms with E-state index in [2.05, 4.69) is 20.3 Å². The first-order valence-electron chi connectivity index (χ1n) is 6.79. The van der Waals surface area contributed by atoms with Gasteiger partial charge >= 0.3 is 5.69 Å². The highest BCUT2D eigenvalue weighted by atomic mass is 19.1. The summed E-state index contributed by atoms with van der Waals surface area (Å²) in [5, 5.41) is 2.78. The molecule has 120 valence electrons. The minimum Gasteiger partial charge on any atom is -0.494 e. The van der Waals surface area contributed by atoms with Crippen LogP contribution in [0.15, 0.2) is 23.0 Å². The number of nitrogens with one attached hydrogen (secondary N) is 2. The predicted octanol–water partition coefficient (Wildman–Crippen LogP) is 0.940. The third-order valence-corrected chi connectivity index (χ3v) is 3.43. The van der Waals surface area contributed by atoms with E-state index < -0.39 is 5.82 Å². The van der Waals surface area contributed by atoms with Crippen molar-refractivity contribution in [2.24, 2.45) is 0 Å². The van der Waals surface area contributed by atoms with Gasteiger partial charge in [-0.3, -0.25) is 4.57 Å². The number of ether oxygens (including phenoxy) is 1. The Morgan fingerprint density at radius 3 is 2.91 bits per heavy atom. The van der Waals surface area contributed by atoms with E-state index in [-0.39, 0.29) is 23.8 Å². The SMILES string of the molecule is CNc1nc(N)c2[nH]c(=O)n(Cc3ccc(F)c(OC)c3)c2n1. The smallest absolute Gasteiger partial charge is 0.328 e. The lowest BCUT2D eigenvalue weighted by molar-refractivity contribution is 0.386. The van der Waals surface area contributed by atoms with E-state index in [0.29, 0.717) is 22.7 Å². The molecule has 3 aromatic rings. The van der Waals surface area contributed by atoms with Crippen LogP contribution in [0.1, 0.15) is 5.56 Å². The van der Waals surface area contributed by atoms with Crippen LogP contribution in [0.2, 0.25) is 0 Å². The number of hydrogen-bond donors (Lipinski definition) is 3. The van der Waals surface area contributed by atoms with E-state index in [1.54, 1.807) is 13.1 Å². The van der Waals surface area contributed by atoms with Crippen molar-refractivity contribution in [1.82, 2.24) is 19.5 Å². The molecule has 1 aromatic carbocycles. The summed E-state index contributed by atoms with van der Waals surface area (Å²) in [6.45, 7) is 0.190. The summed E-state index contributed by atoms with van der Waals surface area (Å²) in [5.74, 6) is 0.123. The van der Waals surface area contributed by atoms with Crippen molar-refractivity contribution in [3.8, 4) is 5.75 Å². The number of halogens is 1. The molecule has 2 aromatic heterocycles. The maximum Gasteiger partial charge on any atom is 0.328 e. The Balaban J connectivity index is 2.11. The van der Waals surface area contributed by atoms with Crippen molar-refractivity contribution >= 4 is 22.9 Å². The fourth-order valence-corrected chi connectivity index (χ4v) is 2.30. The predicted molar refractivity (Wildman–Crippen MR) is 84.2 cm³/mol. The summed E-state index contributed by atoms with van der Waals surface area (Å²) in [5.41, 5.74) is 6.88. The second kappa shape index (κ2) is 5.59. The van der Waals surface area contributed by atoms with Crippen molar-refractivity contribution in [1.29, 1.82) is 0 Å². The molecule has 0 spiro atoms. The largest absolute Gasteiger partial charge is 0.494 e. The Morgan fingerprint density at radius 2 is 2.22 bits per heavy atom. The summed E-state index contributed by atoms with van der Waals surface area (Å²) in [6.07, 6.45) is 0. The van der Waals surface area contributed by atoms with Crippen LogP contribution < -0.4 is 21.5 Å². The number of anilines is 2. The Morgan fingerprint density at radius 1 is 1.43 bits per heavy atom. The monoisotopic (exact) mass is 318 g/mol. The van der Waals surface area contributed by atoms with Crippen LogP contribution in [0.25, 0.3) is 11.2 Å². The number of nitrogens with two attached hydrogens (primary N) is 1. The molecule has 0 radical (unpaired) electrons. The van der Waals surface area contributed by atoms with Gasteiger partial charge in [-0.15, -0.1) is 0 Å². The van der Waals surface area contributed by atoms with Crippen molar-refractivity contribution in [3.63, 3.8) is 0 Å². The molecule has 0 atom stereocenters. The zero-order valence-corrected chi connectivity index (χ0v) is 12.6. The van der Waals surface area contributed by atoms with Gasteiger partial charge in [0.1, 0.15) is 5.52 Å². The molecule has 9 heteroatoms. The molecular formula is C14H15FN6O2. The number of fused-ring (bicyclic) bond motifs is 1. The second-order valence-corrected chi connectivity index (χ2v) is 4.87. The van der Waals surface area contributed by atoms with Crippen LogP contribution in [-0.2, 0) is 6.54 Å². The highest BCUT2D eigenvalue weighted by molar-refractivity contribution is 5.82. The molecule has 0 unspecified atom stereocenters. The van der Waals surface area contributed by atoms with E-state index >= 15 is 0 Å². The summed E-state index contributed by atoms with van der Waals surface area (Å²) in [7, 11) is 3.04. The average molecular weight is 318 g/mol. The number of hydrogen-bond acceptors (Lipinski definition) is 6. The number of methoxy groups -OCH3 is 1. The Kier molecular flexibility index (Phi) is 3.61. The zero-order valence-electron chi connectivity index (χ0n) is 12.6. The Hall–Kier alpha value is -3.10. The molecule has 0 bridgehead atoms. The van der Waals surface area contributed by atoms with Gasteiger partial charge < -0.3 is 20.8 Å².